The normalized spacial score (nSPS) is 17.9. The fraction of sp³-hybridized carbons (Fsp3) is 0.375. The van der Waals surface area contributed by atoms with Gasteiger partial charge < -0.3 is 10.0 Å². The summed E-state index contributed by atoms with van der Waals surface area (Å²) in [5.41, 5.74) is 1.47. The van der Waals surface area contributed by atoms with E-state index in [0.717, 1.165) is 10.2 Å². The number of nitrogens with zero attached hydrogens (tertiary/aromatic N) is 1. The van der Waals surface area contributed by atoms with Gasteiger partial charge in [0.1, 0.15) is 0 Å². The molecule has 0 amide bonds. The van der Waals surface area contributed by atoms with Crippen molar-refractivity contribution in [1.29, 1.82) is 0 Å². The van der Waals surface area contributed by atoms with Gasteiger partial charge in [0, 0.05) is 23.8 Å². The van der Waals surface area contributed by atoms with E-state index in [-0.39, 0.29) is 0 Å². The van der Waals surface area contributed by atoms with Crippen LogP contribution in [0, 0.1) is 0 Å². The molecule has 0 atom stereocenters. The zero-order chi connectivity index (χ0) is 9.30. The van der Waals surface area contributed by atoms with Gasteiger partial charge in [-0.3, -0.25) is 0 Å². The minimum Gasteiger partial charge on any atom is -0.478 e. The highest BCUT2D eigenvalue weighted by Gasteiger charge is 2.17. The highest BCUT2D eigenvalue weighted by atomic mass is 79.9. The summed E-state index contributed by atoms with van der Waals surface area (Å²) in [7, 11) is 1.87. The number of rotatable bonds is 1. The van der Waals surface area contributed by atoms with Crippen molar-refractivity contribution in [2.45, 2.75) is 6.92 Å². The van der Waals surface area contributed by atoms with Gasteiger partial charge in [0.25, 0.3) is 0 Å². The summed E-state index contributed by atoms with van der Waals surface area (Å²) in [5.74, 6) is -0.855. The van der Waals surface area contributed by atoms with Gasteiger partial charge in [-0.15, -0.1) is 0 Å². The molecule has 1 N–H and O–H groups in total. The van der Waals surface area contributed by atoms with Gasteiger partial charge in [0.2, 0.25) is 0 Å². The highest BCUT2D eigenvalue weighted by molar-refractivity contribution is 9.11. The van der Waals surface area contributed by atoms with Crippen LogP contribution in [-0.4, -0.2) is 29.6 Å². The number of likely N-dealkylation sites (N-methyl/N-ethyl adjacent to an activating group) is 1. The topological polar surface area (TPSA) is 40.5 Å². The Bertz CT molecular complexity index is 281. The van der Waals surface area contributed by atoms with Crippen LogP contribution in [0.2, 0.25) is 0 Å². The maximum atomic E-state index is 10.6. The van der Waals surface area contributed by atoms with Crippen molar-refractivity contribution in [2.24, 2.45) is 0 Å². The summed E-state index contributed by atoms with van der Waals surface area (Å²) in [5, 5.41) is 8.72. The molecular weight excluding hydrogens is 222 g/mol. The van der Waals surface area contributed by atoms with Gasteiger partial charge in [-0.25, -0.2) is 4.79 Å². The van der Waals surface area contributed by atoms with Gasteiger partial charge in [-0.05, 0) is 28.9 Å². The molecule has 0 unspecified atom stereocenters. The van der Waals surface area contributed by atoms with E-state index in [2.05, 4.69) is 15.9 Å². The Kier molecular flexibility index (Phi) is 2.57. The average Bonchev–Trinajstić information content (AvgIpc) is 1.99. The molecule has 1 heterocycles. The van der Waals surface area contributed by atoms with E-state index in [1.165, 1.54) is 0 Å². The Morgan fingerprint density at radius 1 is 1.75 bits per heavy atom. The van der Waals surface area contributed by atoms with Crippen LogP contribution in [0.5, 0.6) is 0 Å². The summed E-state index contributed by atoms with van der Waals surface area (Å²) in [6.07, 6.45) is 1.65. The largest absolute Gasteiger partial charge is 0.478 e. The van der Waals surface area contributed by atoms with E-state index >= 15 is 0 Å². The van der Waals surface area contributed by atoms with Crippen molar-refractivity contribution in [3.63, 3.8) is 0 Å². The second-order valence-corrected chi connectivity index (χ2v) is 3.62. The number of carboxylic acids is 1. The van der Waals surface area contributed by atoms with E-state index in [4.69, 9.17) is 5.11 Å². The molecule has 4 heteroatoms. The van der Waals surface area contributed by atoms with Crippen LogP contribution in [0.25, 0.3) is 0 Å². The van der Waals surface area contributed by atoms with Crippen LogP contribution >= 0.6 is 15.9 Å². The van der Waals surface area contributed by atoms with E-state index in [1.54, 1.807) is 6.08 Å². The quantitative estimate of drug-likeness (QED) is 0.745. The summed E-state index contributed by atoms with van der Waals surface area (Å²) >= 11 is 3.30. The summed E-state index contributed by atoms with van der Waals surface area (Å²) in [6.45, 7) is 2.41. The van der Waals surface area contributed by atoms with Gasteiger partial charge in [0.15, 0.2) is 0 Å². The van der Waals surface area contributed by atoms with Crippen LogP contribution in [0.4, 0.5) is 0 Å². The Hall–Kier alpha value is -0.770. The summed E-state index contributed by atoms with van der Waals surface area (Å²) in [4.78, 5) is 12.5. The van der Waals surface area contributed by atoms with Crippen molar-refractivity contribution in [3.8, 4) is 0 Å². The molecule has 1 aliphatic heterocycles. The lowest BCUT2D eigenvalue weighted by Gasteiger charge is -2.24. The number of aliphatic carboxylic acids is 1. The molecule has 0 saturated carbocycles. The fourth-order valence-electron chi connectivity index (χ4n) is 0.989. The molecule has 0 aromatic heterocycles. The van der Waals surface area contributed by atoms with E-state index in [9.17, 15) is 4.79 Å². The smallest absolute Gasteiger partial charge is 0.333 e. The van der Waals surface area contributed by atoms with Crippen LogP contribution in [-0.2, 0) is 4.79 Å². The molecule has 3 nitrogen and oxygen atoms in total. The molecule has 0 aromatic carbocycles. The van der Waals surface area contributed by atoms with Crippen LogP contribution < -0.4 is 0 Å². The molecule has 1 aliphatic rings. The molecule has 1 rings (SSSR count). The van der Waals surface area contributed by atoms with E-state index in [0.29, 0.717) is 12.1 Å². The zero-order valence-electron chi connectivity index (χ0n) is 6.97. The molecule has 0 aliphatic carbocycles. The first-order valence-electron chi connectivity index (χ1n) is 3.53. The number of carbonyl (C=O) groups is 1. The van der Waals surface area contributed by atoms with Crippen LogP contribution in [0.1, 0.15) is 6.92 Å². The monoisotopic (exact) mass is 231 g/mol. The van der Waals surface area contributed by atoms with Gasteiger partial charge in [0.05, 0.1) is 5.57 Å². The van der Waals surface area contributed by atoms with E-state index < -0.39 is 5.97 Å². The lowest BCUT2D eigenvalue weighted by Crippen LogP contribution is -2.25. The second kappa shape index (κ2) is 3.31. The molecule has 66 valence electrons. The fourth-order valence-corrected chi connectivity index (χ4v) is 1.57. The first-order chi connectivity index (χ1) is 5.52. The molecule has 0 bridgehead atoms. The average molecular weight is 232 g/mol. The Labute approximate surface area is 79.5 Å². The van der Waals surface area contributed by atoms with E-state index in [1.807, 2.05) is 18.9 Å². The molecule has 0 spiro atoms. The van der Waals surface area contributed by atoms with Crippen LogP contribution in [0.15, 0.2) is 21.8 Å². The third-order valence-electron chi connectivity index (χ3n) is 1.90. The second-order valence-electron chi connectivity index (χ2n) is 2.76. The SMILES string of the molecule is CC1=C(Br)C=C(C(=O)O)CN1C. The number of allylic oxidation sites excluding steroid dienone is 3. The first-order valence-corrected chi connectivity index (χ1v) is 4.33. The number of hydrogen-bond acceptors (Lipinski definition) is 2. The minimum absolute atomic E-state index is 0.412. The highest BCUT2D eigenvalue weighted by Crippen LogP contribution is 2.23. The molecule has 0 radical (unpaired) electrons. The van der Waals surface area contributed by atoms with Crippen molar-refractivity contribution in [1.82, 2.24) is 4.90 Å². The first kappa shape index (κ1) is 9.32. The Balaban J connectivity index is 2.98. The van der Waals surface area contributed by atoms with Crippen molar-refractivity contribution in [2.75, 3.05) is 13.6 Å². The molecule has 0 aromatic rings. The zero-order valence-corrected chi connectivity index (χ0v) is 8.55. The maximum Gasteiger partial charge on any atom is 0.333 e. The Morgan fingerprint density at radius 2 is 2.33 bits per heavy atom. The lowest BCUT2D eigenvalue weighted by molar-refractivity contribution is -0.132. The standard InChI is InChI=1S/C8H10BrNO2/c1-5-7(9)3-6(8(11)12)4-10(5)2/h3H,4H2,1-2H3,(H,11,12). The van der Waals surface area contributed by atoms with Gasteiger partial charge in [-0.2, -0.15) is 0 Å². The van der Waals surface area contributed by atoms with Crippen LogP contribution in [0.3, 0.4) is 0 Å². The maximum absolute atomic E-state index is 10.6. The Morgan fingerprint density at radius 3 is 2.75 bits per heavy atom. The number of carboxylic acid groups (broad SMARTS) is 1. The molecule has 12 heavy (non-hydrogen) atoms. The summed E-state index contributed by atoms with van der Waals surface area (Å²) in [6, 6.07) is 0. The predicted molar refractivity (Wildman–Crippen MR) is 50.0 cm³/mol. The number of hydrogen-bond donors (Lipinski definition) is 1. The van der Waals surface area contributed by atoms with Crippen molar-refractivity contribution >= 4 is 21.9 Å². The predicted octanol–water partition coefficient (Wildman–Crippen LogP) is 1.57. The van der Waals surface area contributed by atoms with Crippen molar-refractivity contribution in [3.05, 3.63) is 21.8 Å². The van der Waals surface area contributed by atoms with Crippen molar-refractivity contribution < 1.29 is 9.90 Å². The number of halogens is 1. The molecule has 0 fully saturated rings. The third-order valence-corrected chi connectivity index (χ3v) is 2.70. The lowest BCUT2D eigenvalue weighted by atomic mass is 10.1. The minimum atomic E-state index is -0.855. The molecular formula is C8H10BrNO2. The van der Waals surface area contributed by atoms with Gasteiger partial charge >= 0.3 is 5.97 Å². The third kappa shape index (κ3) is 1.69. The summed E-state index contributed by atoms with van der Waals surface area (Å²) < 4.78 is 0.841. The molecule has 0 saturated heterocycles. The van der Waals surface area contributed by atoms with Gasteiger partial charge in [-0.1, -0.05) is 0 Å².